The number of rotatable bonds is 14. The van der Waals surface area contributed by atoms with E-state index in [-0.39, 0.29) is 69.1 Å². The molecule has 3 aliphatic rings. The van der Waals surface area contributed by atoms with E-state index in [1.807, 2.05) is 20.8 Å². The Hall–Kier alpha value is -1.71. The van der Waals surface area contributed by atoms with E-state index >= 15 is 0 Å². The largest absolute Gasteiger partial charge is 0.462 e. The van der Waals surface area contributed by atoms with Crippen LogP contribution in [0, 0.1) is 0 Å². The van der Waals surface area contributed by atoms with Crippen LogP contribution in [0.1, 0.15) is 59.3 Å². The molecule has 0 aliphatic carbocycles. The van der Waals surface area contributed by atoms with Crippen molar-refractivity contribution in [3.63, 3.8) is 0 Å². The van der Waals surface area contributed by atoms with E-state index < -0.39 is 24.0 Å². The predicted octanol–water partition coefficient (Wildman–Crippen LogP) is 1.69. The Morgan fingerprint density at radius 3 is 1.33 bits per heavy atom. The van der Waals surface area contributed by atoms with Gasteiger partial charge in [0.05, 0.1) is 55.9 Å². The van der Waals surface area contributed by atoms with E-state index in [4.69, 9.17) is 28.4 Å². The maximum atomic E-state index is 12.2. The summed E-state index contributed by atoms with van der Waals surface area (Å²) in [6.45, 7) is 5.60. The molecule has 0 amide bonds. The second-order valence-corrected chi connectivity index (χ2v) is 7.95. The molecular formula is C21H32O9. The van der Waals surface area contributed by atoms with Gasteiger partial charge in [-0.05, 0) is 19.3 Å². The molecule has 0 bridgehead atoms. The Labute approximate surface area is 176 Å². The summed E-state index contributed by atoms with van der Waals surface area (Å²) >= 11 is 0. The van der Waals surface area contributed by atoms with Gasteiger partial charge in [-0.15, -0.1) is 0 Å². The van der Waals surface area contributed by atoms with E-state index in [1.54, 1.807) is 0 Å². The second kappa shape index (κ2) is 10.5. The average molecular weight is 428 g/mol. The van der Waals surface area contributed by atoms with Gasteiger partial charge in [-0.25, -0.2) is 0 Å². The van der Waals surface area contributed by atoms with Crippen molar-refractivity contribution in [2.45, 2.75) is 102 Å². The molecule has 0 aromatic carbocycles. The topological polar surface area (TPSA) is 116 Å². The van der Waals surface area contributed by atoms with E-state index in [0.29, 0.717) is 0 Å². The molecule has 9 nitrogen and oxygen atoms in total. The third kappa shape index (κ3) is 7.21. The number of carbonyl (C=O) groups excluding carboxylic acids is 3. The normalized spacial score (nSPS) is 32.1. The molecular weight excluding hydrogens is 396 g/mol. The van der Waals surface area contributed by atoms with Crippen molar-refractivity contribution < 1.29 is 42.8 Å². The Morgan fingerprint density at radius 2 is 1.00 bits per heavy atom. The average Bonchev–Trinajstić information content (AvgIpc) is 3.60. The molecule has 0 aromatic rings. The van der Waals surface area contributed by atoms with Crippen molar-refractivity contribution in [3.05, 3.63) is 0 Å². The van der Waals surface area contributed by atoms with Crippen molar-refractivity contribution in [3.8, 4) is 0 Å². The van der Waals surface area contributed by atoms with Gasteiger partial charge in [-0.3, -0.25) is 14.4 Å². The van der Waals surface area contributed by atoms with Crippen molar-refractivity contribution in [1.82, 2.24) is 0 Å². The van der Waals surface area contributed by atoms with E-state index in [2.05, 4.69) is 0 Å². The molecule has 0 aromatic heterocycles. The number of epoxide rings is 3. The van der Waals surface area contributed by atoms with Crippen molar-refractivity contribution in [2.75, 3.05) is 13.2 Å². The van der Waals surface area contributed by atoms with Crippen LogP contribution in [0.5, 0.6) is 0 Å². The fraction of sp³-hybridized carbons (Fsp3) is 0.857. The summed E-state index contributed by atoms with van der Waals surface area (Å²) < 4.78 is 31.9. The number of hydrogen-bond donors (Lipinski definition) is 0. The summed E-state index contributed by atoms with van der Waals surface area (Å²) in [7, 11) is 0. The monoisotopic (exact) mass is 428 g/mol. The standard InChI is InChI=1S/C21H32O9/c1-4-13-16(28-13)7-19(22)25-10-12(27-21(24)9-18-15(6-3)30-18)11-26-20(23)8-17-14(5-2)29-17/h12-18H,4-11H2,1-3H3. The first-order chi connectivity index (χ1) is 14.4. The number of hydrogen-bond acceptors (Lipinski definition) is 9. The molecule has 0 saturated carbocycles. The summed E-state index contributed by atoms with van der Waals surface area (Å²) in [4.78, 5) is 36.1. The van der Waals surface area contributed by atoms with E-state index in [9.17, 15) is 14.4 Å². The first-order valence-corrected chi connectivity index (χ1v) is 10.9. The van der Waals surface area contributed by atoms with Crippen LogP contribution in [0.2, 0.25) is 0 Å². The highest BCUT2D eigenvalue weighted by Crippen LogP contribution is 2.30. The summed E-state index contributed by atoms with van der Waals surface area (Å²) in [5.74, 6) is -1.34. The number of carbonyl (C=O) groups is 3. The maximum absolute atomic E-state index is 12.2. The number of esters is 3. The van der Waals surface area contributed by atoms with Gasteiger partial charge >= 0.3 is 17.9 Å². The Morgan fingerprint density at radius 1 is 0.633 bits per heavy atom. The Balaban J connectivity index is 1.40. The Kier molecular flexibility index (Phi) is 8.07. The number of ether oxygens (including phenoxy) is 6. The molecule has 6 unspecified atom stereocenters. The molecule has 9 heteroatoms. The lowest BCUT2D eigenvalue weighted by molar-refractivity contribution is -0.167. The molecule has 3 heterocycles. The molecule has 0 radical (unpaired) electrons. The molecule has 0 spiro atoms. The summed E-state index contributed by atoms with van der Waals surface area (Å²) in [5, 5.41) is 0. The fourth-order valence-corrected chi connectivity index (χ4v) is 3.49. The van der Waals surface area contributed by atoms with E-state index in [1.165, 1.54) is 0 Å². The molecule has 30 heavy (non-hydrogen) atoms. The van der Waals surface area contributed by atoms with E-state index in [0.717, 1.165) is 19.3 Å². The highest BCUT2D eigenvalue weighted by atomic mass is 16.6. The van der Waals surface area contributed by atoms with Crippen molar-refractivity contribution in [1.29, 1.82) is 0 Å². The molecule has 3 rings (SSSR count). The van der Waals surface area contributed by atoms with Gasteiger partial charge in [-0.2, -0.15) is 0 Å². The molecule has 3 aliphatic heterocycles. The van der Waals surface area contributed by atoms with Crippen LogP contribution < -0.4 is 0 Å². The first-order valence-electron chi connectivity index (χ1n) is 10.9. The zero-order chi connectivity index (χ0) is 21.7. The molecule has 170 valence electrons. The van der Waals surface area contributed by atoms with Crippen molar-refractivity contribution in [2.24, 2.45) is 0 Å². The minimum Gasteiger partial charge on any atom is -0.462 e. The van der Waals surface area contributed by atoms with Crippen molar-refractivity contribution >= 4 is 17.9 Å². The predicted molar refractivity (Wildman–Crippen MR) is 103 cm³/mol. The highest BCUT2D eigenvalue weighted by molar-refractivity contribution is 5.72. The molecule has 0 N–H and O–H groups in total. The molecule has 3 fully saturated rings. The van der Waals surface area contributed by atoms with Crippen LogP contribution in [0.25, 0.3) is 0 Å². The van der Waals surface area contributed by atoms with Crippen LogP contribution in [0.3, 0.4) is 0 Å². The minimum atomic E-state index is -0.867. The minimum absolute atomic E-state index is 0.0850. The van der Waals surface area contributed by atoms with Gasteiger partial charge in [0.1, 0.15) is 13.2 Å². The fourth-order valence-electron chi connectivity index (χ4n) is 3.49. The van der Waals surface area contributed by atoms with Gasteiger partial charge in [0.15, 0.2) is 6.10 Å². The quantitative estimate of drug-likeness (QED) is 0.231. The van der Waals surface area contributed by atoms with Crippen LogP contribution in [-0.4, -0.2) is 73.8 Å². The highest BCUT2D eigenvalue weighted by Gasteiger charge is 2.41. The zero-order valence-corrected chi connectivity index (χ0v) is 17.9. The van der Waals surface area contributed by atoms with Crippen LogP contribution >= 0.6 is 0 Å². The Bertz CT molecular complexity index is 586. The van der Waals surface area contributed by atoms with Gasteiger partial charge in [0, 0.05) is 0 Å². The third-order valence-corrected chi connectivity index (χ3v) is 5.53. The van der Waals surface area contributed by atoms with Gasteiger partial charge < -0.3 is 28.4 Å². The van der Waals surface area contributed by atoms with Gasteiger partial charge in [-0.1, -0.05) is 20.8 Å². The van der Waals surface area contributed by atoms with Crippen LogP contribution in [0.15, 0.2) is 0 Å². The smallest absolute Gasteiger partial charge is 0.309 e. The summed E-state index contributed by atoms with van der Waals surface area (Å²) in [6.07, 6.45) is 2.05. The lowest BCUT2D eigenvalue weighted by atomic mass is 10.2. The third-order valence-electron chi connectivity index (χ3n) is 5.53. The van der Waals surface area contributed by atoms with Gasteiger partial charge in [0.2, 0.25) is 0 Å². The maximum Gasteiger partial charge on any atom is 0.309 e. The lowest BCUT2D eigenvalue weighted by Crippen LogP contribution is -2.31. The first kappa shape index (κ1) is 23.0. The van der Waals surface area contributed by atoms with Crippen LogP contribution in [-0.2, 0) is 42.8 Å². The molecule has 3 saturated heterocycles. The zero-order valence-electron chi connectivity index (χ0n) is 17.9. The van der Waals surface area contributed by atoms with Gasteiger partial charge in [0.25, 0.3) is 0 Å². The molecule has 6 atom stereocenters. The SMILES string of the molecule is CCC1OC1CC(=O)OCC(COC(=O)CC1OC1CC)OC(=O)CC1OC1CC. The lowest BCUT2D eigenvalue weighted by Gasteiger charge is -2.18. The van der Waals surface area contributed by atoms with Crippen LogP contribution in [0.4, 0.5) is 0 Å². The summed E-state index contributed by atoms with van der Waals surface area (Å²) in [6, 6.07) is 0. The summed E-state index contributed by atoms with van der Waals surface area (Å²) in [5.41, 5.74) is 0. The second-order valence-electron chi connectivity index (χ2n) is 7.95.